The molecular formula is C11H18N2S. The Labute approximate surface area is 89.8 Å². The second kappa shape index (κ2) is 4.89. The summed E-state index contributed by atoms with van der Waals surface area (Å²) >= 11 is 1.93. The summed E-state index contributed by atoms with van der Waals surface area (Å²) < 4.78 is 0. The second-order valence-electron chi connectivity index (χ2n) is 3.79. The predicted octanol–water partition coefficient (Wildman–Crippen LogP) is 2.17. The zero-order chi connectivity index (χ0) is 9.80. The van der Waals surface area contributed by atoms with Crippen LogP contribution < -0.4 is 5.32 Å². The van der Waals surface area contributed by atoms with Crippen LogP contribution in [-0.4, -0.2) is 18.1 Å². The Balaban J connectivity index is 1.94. The number of fused-ring (bicyclic) bond motifs is 1. The van der Waals surface area contributed by atoms with E-state index in [0.717, 1.165) is 19.5 Å². The maximum absolute atomic E-state index is 4.70. The molecule has 0 saturated heterocycles. The quantitative estimate of drug-likeness (QED) is 0.770. The predicted molar refractivity (Wildman–Crippen MR) is 61.0 cm³/mol. The van der Waals surface area contributed by atoms with Crippen LogP contribution in [0.1, 0.15) is 35.3 Å². The fourth-order valence-corrected chi connectivity index (χ4v) is 3.04. The number of nitrogens with zero attached hydrogens (tertiary/aromatic N) is 1. The first-order chi connectivity index (χ1) is 6.90. The van der Waals surface area contributed by atoms with E-state index in [1.54, 1.807) is 4.88 Å². The first kappa shape index (κ1) is 10.1. The van der Waals surface area contributed by atoms with Gasteiger partial charge in [0.15, 0.2) is 0 Å². The molecule has 0 fully saturated rings. The largest absolute Gasteiger partial charge is 0.317 e. The van der Waals surface area contributed by atoms with Crippen molar-refractivity contribution in [1.29, 1.82) is 0 Å². The molecule has 1 aromatic heterocycles. The Morgan fingerprint density at radius 2 is 2.21 bits per heavy atom. The van der Waals surface area contributed by atoms with Gasteiger partial charge in [0.25, 0.3) is 0 Å². The molecule has 1 aliphatic rings. The maximum atomic E-state index is 4.70. The van der Waals surface area contributed by atoms with Gasteiger partial charge in [-0.2, -0.15) is 0 Å². The van der Waals surface area contributed by atoms with Gasteiger partial charge in [0, 0.05) is 17.8 Å². The van der Waals surface area contributed by atoms with Crippen molar-refractivity contribution in [2.45, 2.75) is 39.0 Å². The van der Waals surface area contributed by atoms with Gasteiger partial charge in [-0.15, -0.1) is 11.3 Å². The minimum absolute atomic E-state index is 1.06. The van der Waals surface area contributed by atoms with Crippen LogP contribution in [0, 0.1) is 0 Å². The number of likely N-dealkylation sites (N-methyl/N-ethyl adjacent to an activating group) is 1. The van der Waals surface area contributed by atoms with Crippen molar-refractivity contribution < 1.29 is 0 Å². The lowest BCUT2D eigenvalue weighted by molar-refractivity contribution is 0.676. The van der Waals surface area contributed by atoms with Crippen molar-refractivity contribution in [3.05, 3.63) is 15.6 Å². The minimum Gasteiger partial charge on any atom is -0.317 e. The van der Waals surface area contributed by atoms with E-state index in [1.807, 2.05) is 11.3 Å². The van der Waals surface area contributed by atoms with Crippen LogP contribution in [0.15, 0.2) is 0 Å². The van der Waals surface area contributed by atoms with Crippen LogP contribution in [-0.2, 0) is 19.3 Å². The van der Waals surface area contributed by atoms with Crippen molar-refractivity contribution in [2.24, 2.45) is 0 Å². The lowest BCUT2D eigenvalue weighted by atomic mass is 10.0. The van der Waals surface area contributed by atoms with Gasteiger partial charge >= 0.3 is 0 Å². The number of nitrogens with one attached hydrogen (secondary N) is 1. The molecule has 2 nitrogen and oxygen atoms in total. The molecule has 1 N–H and O–H groups in total. The Kier molecular flexibility index (Phi) is 3.54. The summed E-state index contributed by atoms with van der Waals surface area (Å²) in [5.74, 6) is 0. The highest BCUT2D eigenvalue weighted by molar-refractivity contribution is 7.11. The molecule has 0 amide bonds. The van der Waals surface area contributed by atoms with Gasteiger partial charge in [-0.25, -0.2) is 4.98 Å². The fraction of sp³-hybridized carbons (Fsp3) is 0.727. The standard InChI is InChI=1S/C11H18N2S/c1-2-12-8-7-11-13-9-5-3-4-6-10(9)14-11/h12H,2-8H2,1H3. The number of aromatic nitrogens is 1. The van der Waals surface area contributed by atoms with Crippen molar-refractivity contribution in [2.75, 3.05) is 13.1 Å². The molecule has 1 aliphatic carbocycles. The molecule has 0 radical (unpaired) electrons. The summed E-state index contributed by atoms with van der Waals surface area (Å²) in [5, 5.41) is 4.68. The zero-order valence-corrected chi connectivity index (χ0v) is 9.62. The third kappa shape index (κ3) is 2.34. The second-order valence-corrected chi connectivity index (χ2v) is 4.96. The molecule has 2 rings (SSSR count). The average Bonchev–Trinajstić information content (AvgIpc) is 2.60. The Hall–Kier alpha value is -0.410. The van der Waals surface area contributed by atoms with Crippen LogP contribution in [0.5, 0.6) is 0 Å². The molecule has 1 heterocycles. The van der Waals surface area contributed by atoms with E-state index in [1.165, 1.54) is 36.4 Å². The first-order valence-corrected chi connectivity index (χ1v) is 6.40. The molecule has 14 heavy (non-hydrogen) atoms. The number of thiazole rings is 1. The highest BCUT2D eigenvalue weighted by Crippen LogP contribution is 2.26. The highest BCUT2D eigenvalue weighted by atomic mass is 32.1. The fourth-order valence-electron chi connectivity index (χ4n) is 1.88. The lowest BCUT2D eigenvalue weighted by Gasteiger charge is -2.06. The lowest BCUT2D eigenvalue weighted by Crippen LogP contribution is -2.15. The summed E-state index contributed by atoms with van der Waals surface area (Å²) in [6.07, 6.45) is 6.29. The van der Waals surface area contributed by atoms with Crippen LogP contribution in [0.3, 0.4) is 0 Å². The van der Waals surface area contributed by atoms with Gasteiger partial charge in [0.05, 0.1) is 10.7 Å². The van der Waals surface area contributed by atoms with Crippen LogP contribution in [0.25, 0.3) is 0 Å². The van der Waals surface area contributed by atoms with E-state index in [2.05, 4.69) is 12.2 Å². The first-order valence-electron chi connectivity index (χ1n) is 5.58. The van der Waals surface area contributed by atoms with Crippen LogP contribution >= 0.6 is 11.3 Å². The Morgan fingerprint density at radius 3 is 3.00 bits per heavy atom. The van der Waals surface area contributed by atoms with E-state index in [4.69, 9.17) is 4.98 Å². The Bertz CT molecular complexity index is 270. The van der Waals surface area contributed by atoms with Gasteiger partial charge in [0.2, 0.25) is 0 Å². The number of rotatable bonds is 4. The van der Waals surface area contributed by atoms with E-state index in [-0.39, 0.29) is 0 Å². The third-order valence-corrected chi connectivity index (χ3v) is 3.87. The van der Waals surface area contributed by atoms with Gasteiger partial charge in [-0.3, -0.25) is 0 Å². The molecular weight excluding hydrogens is 192 g/mol. The van der Waals surface area contributed by atoms with Crippen molar-refractivity contribution in [3.8, 4) is 0 Å². The molecule has 0 unspecified atom stereocenters. The summed E-state index contributed by atoms with van der Waals surface area (Å²) in [4.78, 5) is 6.26. The number of hydrogen-bond donors (Lipinski definition) is 1. The van der Waals surface area contributed by atoms with Gasteiger partial charge < -0.3 is 5.32 Å². The molecule has 0 atom stereocenters. The van der Waals surface area contributed by atoms with Gasteiger partial charge in [-0.1, -0.05) is 6.92 Å². The highest BCUT2D eigenvalue weighted by Gasteiger charge is 2.14. The molecule has 0 spiro atoms. The molecule has 78 valence electrons. The van der Waals surface area contributed by atoms with Crippen molar-refractivity contribution in [3.63, 3.8) is 0 Å². The smallest absolute Gasteiger partial charge is 0.0943 e. The molecule has 0 bridgehead atoms. The normalized spacial score (nSPS) is 15.5. The molecule has 0 saturated carbocycles. The summed E-state index contributed by atoms with van der Waals surface area (Å²) in [5.41, 5.74) is 1.40. The van der Waals surface area contributed by atoms with Crippen LogP contribution in [0.2, 0.25) is 0 Å². The zero-order valence-electron chi connectivity index (χ0n) is 8.81. The minimum atomic E-state index is 1.06. The number of hydrogen-bond acceptors (Lipinski definition) is 3. The van der Waals surface area contributed by atoms with E-state index >= 15 is 0 Å². The number of aryl methyl sites for hydroxylation is 2. The van der Waals surface area contributed by atoms with E-state index < -0.39 is 0 Å². The summed E-state index contributed by atoms with van der Waals surface area (Å²) in [7, 11) is 0. The van der Waals surface area contributed by atoms with Gasteiger partial charge in [-0.05, 0) is 32.2 Å². The van der Waals surface area contributed by atoms with Gasteiger partial charge in [0.1, 0.15) is 0 Å². The average molecular weight is 210 g/mol. The Morgan fingerprint density at radius 1 is 1.36 bits per heavy atom. The van der Waals surface area contributed by atoms with Crippen molar-refractivity contribution >= 4 is 11.3 Å². The summed E-state index contributed by atoms with van der Waals surface area (Å²) in [6.45, 7) is 4.28. The maximum Gasteiger partial charge on any atom is 0.0943 e. The summed E-state index contributed by atoms with van der Waals surface area (Å²) in [6, 6.07) is 0. The molecule has 3 heteroatoms. The van der Waals surface area contributed by atoms with E-state index in [9.17, 15) is 0 Å². The SMILES string of the molecule is CCNCCc1nc2c(s1)CCCC2. The molecule has 0 aromatic carbocycles. The van der Waals surface area contributed by atoms with Crippen molar-refractivity contribution in [1.82, 2.24) is 10.3 Å². The monoisotopic (exact) mass is 210 g/mol. The van der Waals surface area contributed by atoms with E-state index in [0.29, 0.717) is 0 Å². The third-order valence-electron chi connectivity index (χ3n) is 2.66. The molecule has 1 aromatic rings. The van der Waals surface area contributed by atoms with Crippen LogP contribution in [0.4, 0.5) is 0 Å². The molecule has 0 aliphatic heterocycles. The topological polar surface area (TPSA) is 24.9 Å².